The minimum atomic E-state index is -4.43. The normalized spacial score (nSPS) is 13.9. The van der Waals surface area contributed by atoms with Crippen molar-refractivity contribution in [1.82, 2.24) is 19.7 Å². The van der Waals surface area contributed by atoms with Crippen molar-refractivity contribution < 1.29 is 27.5 Å². The number of aromatic nitrogens is 3. The molecule has 0 unspecified atom stereocenters. The highest BCUT2D eigenvalue weighted by Gasteiger charge is 2.31. The molecule has 8 nitrogen and oxygen atoms in total. The van der Waals surface area contributed by atoms with Gasteiger partial charge in [0.1, 0.15) is 11.4 Å². The van der Waals surface area contributed by atoms with Gasteiger partial charge in [0.05, 0.1) is 17.7 Å². The fraction of sp³-hybridized carbons (Fsp3) is 0.235. The Bertz CT molecular complexity index is 1860. The van der Waals surface area contributed by atoms with Gasteiger partial charge in [-0.05, 0) is 59.9 Å². The van der Waals surface area contributed by atoms with Gasteiger partial charge in [0.25, 0.3) is 11.8 Å². The first-order valence-corrected chi connectivity index (χ1v) is 15.5. The summed E-state index contributed by atoms with van der Waals surface area (Å²) in [5.74, 6) is 0.715. The van der Waals surface area contributed by atoms with Crippen LogP contribution in [0.1, 0.15) is 50.2 Å². The summed E-state index contributed by atoms with van der Waals surface area (Å²) in [5.41, 5.74) is 2.79. The number of methoxy groups -OCH3 is 1. The fourth-order valence-electron chi connectivity index (χ4n) is 5.57. The first-order valence-electron chi connectivity index (χ1n) is 14.6. The van der Waals surface area contributed by atoms with E-state index in [1.807, 2.05) is 30.5 Å². The van der Waals surface area contributed by atoms with Crippen LogP contribution in [0.5, 0.6) is 5.75 Å². The third-order valence-electron chi connectivity index (χ3n) is 8.03. The highest BCUT2D eigenvalue weighted by atomic mass is 32.1. The molecule has 12 heteroatoms. The Morgan fingerprint density at radius 3 is 2.26 bits per heavy atom. The van der Waals surface area contributed by atoms with Gasteiger partial charge in [-0.3, -0.25) is 14.3 Å². The monoisotopic (exact) mass is 645 g/mol. The number of halogens is 3. The number of amides is 2. The molecule has 1 N–H and O–H groups in total. The number of nitrogens with one attached hydrogen (secondary N) is 1. The standard InChI is InChI=1S/C34H30F3N5O3S/c1-41-19-28(22-9-13-25(45-2)14-10-22)30(40-41)39-31(43)29-20-46-32(38-29)23-15-17-42(18-16-23)33(44)27-6-4-3-5-26(27)21-7-11-24(12-8-21)34(35,36)37/h3-14,19-20,23H,15-18H2,1-2H3,(H,39,40,43). The van der Waals surface area contributed by atoms with Crippen LogP contribution in [-0.2, 0) is 13.2 Å². The Morgan fingerprint density at radius 1 is 0.935 bits per heavy atom. The van der Waals surface area contributed by atoms with Crippen molar-refractivity contribution in [3.8, 4) is 28.0 Å². The molecule has 0 spiro atoms. The van der Waals surface area contributed by atoms with Gasteiger partial charge in [-0.2, -0.15) is 18.3 Å². The molecule has 46 heavy (non-hydrogen) atoms. The molecule has 2 aromatic heterocycles. The predicted octanol–water partition coefficient (Wildman–Crippen LogP) is 7.51. The first kappa shape index (κ1) is 31.0. The summed E-state index contributed by atoms with van der Waals surface area (Å²) in [5, 5.41) is 9.89. The Balaban J connectivity index is 1.10. The van der Waals surface area contributed by atoms with Crippen LogP contribution in [0.25, 0.3) is 22.3 Å². The zero-order chi connectivity index (χ0) is 32.4. The molecule has 3 aromatic carbocycles. The number of thiazole rings is 1. The highest BCUT2D eigenvalue weighted by molar-refractivity contribution is 7.10. The Kier molecular flexibility index (Phi) is 8.63. The quantitative estimate of drug-likeness (QED) is 0.198. The van der Waals surface area contributed by atoms with E-state index in [0.29, 0.717) is 54.1 Å². The summed E-state index contributed by atoms with van der Waals surface area (Å²) in [7, 11) is 3.39. The van der Waals surface area contributed by atoms with Crippen LogP contribution in [0.2, 0.25) is 0 Å². The van der Waals surface area contributed by atoms with Gasteiger partial charge in [0.15, 0.2) is 5.82 Å². The SMILES string of the molecule is COc1ccc(-c2cn(C)nc2NC(=O)c2csc(C3CCN(C(=O)c4ccccc4-c4ccc(C(F)(F)F)cc4)CC3)n2)cc1. The van der Waals surface area contributed by atoms with Gasteiger partial charge < -0.3 is 15.0 Å². The van der Waals surface area contributed by atoms with Crippen molar-refractivity contribution in [3.05, 3.63) is 106 Å². The third-order valence-corrected chi connectivity index (χ3v) is 9.04. The number of carbonyl (C=O) groups is 2. The maximum atomic E-state index is 13.6. The van der Waals surface area contributed by atoms with Crippen molar-refractivity contribution in [3.63, 3.8) is 0 Å². The minimum Gasteiger partial charge on any atom is -0.497 e. The topological polar surface area (TPSA) is 89.4 Å². The molecule has 6 rings (SSSR count). The van der Waals surface area contributed by atoms with Crippen LogP contribution in [0.15, 0.2) is 84.4 Å². The molecule has 1 aliphatic rings. The summed E-state index contributed by atoms with van der Waals surface area (Å²) in [6, 6.07) is 19.3. The molecular formula is C34H30F3N5O3S. The summed E-state index contributed by atoms with van der Waals surface area (Å²) in [6.45, 7) is 0.982. The van der Waals surface area contributed by atoms with E-state index in [2.05, 4.69) is 15.4 Å². The number of benzene rings is 3. The Hall–Kier alpha value is -4.97. The summed E-state index contributed by atoms with van der Waals surface area (Å²) >= 11 is 1.42. The summed E-state index contributed by atoms with van der Waals surface area (Å²) in [4.78, 5) is 33.1. The molecule has 0 saturated carbocycles. The maximum Gasteiger partial charge on any atom is 0.416 e. The Labute approximate surface area is 267 Å². The molecule has 0 radical (unpaired) electrons. The van der Waals surface area contributed by atoms with E-state index >= 15 is 0 Å². The van der Waals surface area contributed by atoms with Gasteiger partial charge in [0.2, 0.25) is 0 Å². The van der Waals surface area contributed by atoms with Crippen LogP contribution in [-0.4, -0.2) is 51.7 Å². The third kappa shape index (κ3) is 6.52. The van der Waals surface area contributed by atoms with Gasteiger partial charge in [-0.15, -0.1) is 11.3 Å². The number of rotatable bonds is 7. The number of carbonyl (C=O) groups excluding carboxylic acids is 2. The van der Waals surface area contributed by atoms with E-state index in [0.717, 1.165) is 34.0 Å². The first-order chi connectivity index (χ1) is 22.1. The fourth-order valence-corrected chi connectivity index (χ4v) is 6.54. The van der Waals surface area contributed by atoms with Crippen LogP contribution in [0.4, 0.5) is 19.0 Å². The zero-order valence-electron chi connectivity index (χ0n) is 25.0. The van der Waals surface area contributed by atoms with Gasteiger partial charge in [-0.1, -0.05) is 42.5 Å². The van der Waals surface area contributed by atoms with Crippen LogP contribution >= 0.6 is 11.3 Å². The number of hydrogen-bond donors (Lipinski definition) is 1. The van der Waals surface area contributed by atoms with E-state index < -0.39 is 11.7 Å². The van der Waals surface area contributed by atoms with Crippen LogP contribution in [0.3, 0.4) is 0 Å². The number of piperidine rings is 1. The van der Waals surface area contributed by atoms with Crippen molar-refractivity contribution in [2.24, 2.45) is 7.05 Å². The lowest BCUT2D eigenvalue weighted by molar-refractivity contribution is -0.137. The predicted molar refractivity (Wildman–Crippen MR) is 170 cm³/mol. The van der Waals surface area contributed by atoms with Crippen LogP contribution < -0.4 is 10.1 Å². The second-order valence-electron chi connectivity index (χ2n) is 11.0. The lowest BCUT2D eigenvalue weighted by atomic mass is 9.94. The molecule has 0 aliphatic carbocycles. The van der Waals surface area contributed by atoms with Crippen molar-refractivity contribution >= 4 is 29.0 Å². The Morgan fingerprint density at radius 2 is 1.59 bits per heavy atom. The van der Waals surface area contributed by atoms with E-state index in [4.69, 9.17) is 4.74 Å². The number of anilines is 1. The summed E-state index contributed by atoms with van der Waals surface area (Å²) < 4.78 is 46.1. The molecule has 2 amide bonds. The number of ether oxygens (including phenoxy) is 1. The van der Waals surface area contributed by atoms with Gasteiger partial charge in [0, 0.05) is 48.8 Å². The molecule has 1 saturated heterocycles. The average molecular weight is 646 g/mol. The zero-order valence-corrected chi connectivity index (χ0v) is 25.9. The van der Waals surface area contributed by atoms with E-state index in [9.17, 15) is 22.8 Å². The largest absolute Gasteiger partial charge is 0.497 e. The van der Waals surface area contributed by atoms with E-state index in [1.165, 1.54) is 23.5 Å². The van der Waals surface area contributed by atoms with Crippen LogP contribution in [0, 0.1) is 0 Å². The molecule has 236 valence electrons. The number of alkyl halides is 3. The molecule has 1 fully saturated rings. The molecule has 5 aromatic rings. The van der Waals surface area contributed by atoms with E-state index in [-0.39, 0.29) is 17.7 Å². The molecule has 0 bridgehead atoms. The molecule has 0 atom stereocenters. The smallest absolute Gasteiger partial charge is 0.416 e. The molecule has 1 aliphatic heterocycles. The van der Waals surface area contributed by atoms with Crippen molar-refractivity contribution in [2.75, 3.05) is 25.5 Å². The molecule has 3 heterocycles. The summed E-state index contributed by atoms with van der Waals surface area (Å²) in [6.07, 6.45) is -1.25. The van der Waals surface area contributed by atoms with Crippen molar-refractivity contribution in [2.45, 2.75) is 24.9 Å². The number of hydrogen-bond acceptors (Lipinski definition) is 6. The number of nitrogens with zero attached hydrogens (tertiary/aromatic N) is 4. The lowest BCUT2D eigenvalue weighted by Gasteiger charge is -2.31. The number of aryl methyl sites for hydroxylation is 1. The van der Waals surface area contributed by atoms with Crippen molar-refractivity contribution in [1.29, 1.82) is 0 Å². The second-order valence-corrected chi connectivity index (χ2v) is 11.9. The minimum absolute atomic E-state index is 0.0884. The molecular weight excluding hydrogens is 615 g/mol. The second kappa shape index (κ2) is 12.8. The van der Waals surface area contributed by atoms with E-state index in [1.54, 1.807) is 53.4 Å². The van der Waals surface area contributed by atoms with Gasteiger partial charge >= 0.3 is 6.18 Å². The maximum absolute atomic E-state index is 13.6. The average Bonchev–Trinajstić information content (AvgIpc) is 3.71. The number of likely N-dealkylation sites (tertiary alicyclic amines) is 1. The van der Waals surface area contributed by atoms with Gasteiger partial charge in [-0.25, -0.2) is 4.98 Å². The lowest BCUT2D eigenvalue weighted by Crippen LogP contribution is -2.38. The highest BCUT2D eigenvalue weighted by Crippen LogP contribution is 2.35.